The van der Waals surface area contributed by atoms with Gasteiger partial charge in [0.15, 0.2) is 0 Å². The van der Waals surface area contributed by atoms with Gasteiger partial charge in [0.05, 0.1) is 5.92 Å². The molecule has 1 atom stereocenters. The highest BCUT2D eigenvalue weighted by atomic mass is 35.5. The Balaban J connectivity index is 1.56. The maximum Gasteiger partial charge on any atom is 0.229 e. The first-order chi connectivity index (χ1) is 12.0. The lowest BCUT2D eigenvalue weighted by atomic mass is 9.99. The normalized spacial score (nSPS) is 16.7. The van der Waals surface area contributed by atoms with Crippen molar-refractivity contribution in [1.29, 1.82) is 0 Å². The lowest BCUT2D eigenvalue weighted by Crippen LogP contribution is -2.49. The van der Waals surface area contributed by atoms with Crippen molar-refractivity contribution in [1.82, 2.24) is 9.80 Å². The van der Waals surface area contributed by atoms with Gasteiger partial charge in [-0.05, 0) is 42.7 Å². The molecule has 4 heteroatoms. The summed E-state index contributed by atoms with van der Waals surface area (Å²) in [7, 11) is 0. The van der Waals surface area contributed by atoms with E-state index in [1.54, 1.807) is 0 Å². The number of aryl methyl sites for hydroxylation is 1. The van der Waals surface area contributed by atoms with Gasteiger partial charge in [0, 0.05) is 37.7 Å². The van der Waals surface area contributed by atoms with Gasteiger partial charge in [-0.2, -0.15) is 0 Å². The van der Waals surface area contributed by atoms with E-state index in [9.17, 15) is 4.79 Å². The van der Waals surface area contributed by atoms with Gasteiger partial charge in [-0.3, -0.25) is 9.69 Å². The average molecular weight is 357 g/mol. The van der Waals surface area contributed by atoms with Crippen LogP contribution >= 0.6 is 11.6 Å². The number of carbonyl (C=O) groups excluding carboxylic acids is 1. The van der Waals surface area contributed by atoms with E-state index in [0.717, 1.165) is 43.3 Å². The first-order valence-corrected chi connectivity index (χ1v) is 9.23. The zero-order chi connectivity index (χ0) is 17.8. The second-order valence-electron chi connectivity index (χ2n) is 6.80. The van der Waals surface area contributed by atoms with Crippen molar-refractivity contribution >= 4 is 17.5 Å². The van der Waals surface area contributed by atoms with Crippen LogP contribution < -0.4 is 0 Å². The molecule has 0 saturated carbocycles. The van der Waals surface area contributed by atoms with Gasteiger partial charge in [-0.15, -0.1) is 0 Å². The first-order valence-electron chi connectivity index (χ1n) is 8.85. The van der Waals surface area contributed by atoms with Gasteiger partial charge in [-0.1, -0.05) is 48.0 Å². The van der Waals surface area contributed by atoms with Crippen LogP contribution in [0.3, 0.4) is 0 Å². The summed E-state index contributed by atoms with van der Waals surface area (Å²) >= 11 is 6.12. The van der Waals surface area contributed by atoms with Crippen LogP contribution in [-0.4, -0.2) is 41.9 Å². The summed E-state index contributed by atoms with van der Waals surface area (Å²) in [5, 5.41) is 0.783. The molecule has 0 spiro atoms. The quantitative estimate of drug-likeness (QED) is 0.823. The maximum absolute atomic E-state index is 12.8. The molecule has 1 aliphatic rings. The highest BCUT2D eigenvalue weighted by Crippen LogP contribution is 2.21. The molecule has 3 nitrogen and oxygen atoms in total. The van der Waals surface area contributed by atoms with Gasteiger partial charge in [-0.25, -0.2) is 0 Å². The molecule has 0 aromatic heterocycles. The third-order valence-corrected chi connectivity index (χ3v) is 5.29. The largest absolute Gasteiger partial charge is 0.340 e. The van der Waals surface area contributed by atoms with Crippen molar-refractivity contribution in [2.45, 2.75) is 26.3 Å². The zero-order valence-electron chi connectivity index (χ0n) is 14.9. The Morgan fingerprint density at radius 3 is 2.44 bits per heavy atom. The van der Waals surface area contributed by atoms with Crippen LogP contribution in [0.15, 0.2) is 48.5 Å². The Morgan fingerprint density at radius 1 is 1.08 bits per heavy atom. The summed E-state index contributed by atoms with van der Waals surface area (Å²) in [6, 6.07) is 16.1. The van der Waals surface area contributed by atoms with Crippen molar-refractivity contribution in [3.05, 3.63) is 70.2 Å². The molecule has 0 aliphatic carbocycles. The third-order valence-electron chi connectivity index (χ3n) is 5.06. The number of hydrogen-bond donors (Lipinski definition) is 0. The topological polar surface area (TPSA) is 23.6 Å². The van der Waals surface area contributed by atoms with Crippen molar-refractivity contribution < 1.29 is 4.79 Å². The lowest BCUT2D eigenvalue weighted by molar-refractivity contribution is -0.134. The lowest BCUT2D eigenvalue weighted by Gasteiger charge is -2.36. The second-order valence-corrected chi connectivity index (χ2v) is 7.24. The minimum absolute atomic E-state index is 0.0806. The predicted octanol–water partition coefficient (Wildman–Crippen LogP) is 4.10. The Kier molecular flexibility index (Phi) is 5.77. The Morgan fingerprint density at radius 2 is 1.76 bits per heavy atom. The Bertz CT molecular complexity index is 724. The van der Waals surface area contributed by atoms with E-state index in [1.807, 2.05) is 54.3 Å². The molecular formula is C21H25ClN2O. The molecule has 132 valence electrons. The van der Waals surface area contributed by atoms with Gasteiger partial charge in [0.25, 0.3) is 0 Å². The fourth-order valence-corrected chi connectivity index (χ4v) is 3.53. The number of nitrogens with zero attached hydrogens (tertiary/aromatic N) is 2. The molecule has 1 fully saturated rings. The number of carbonyl (C=O) groups is 1. The van der Waals surface area contributed by atoms with Crippen LogP contribution in [0, 0.1) is 6.92 Å². The Hall–Kier alpha value is -1.84. The number of amides is 1. The smallest absolute Gasteiger partial charge is 0.229 e. The zero-order valence-corrected chi connectivity index (χ0v) is 15.7. The van der Waals surface area contributed by atoms with Crippen molar-refractivity contribution in [3.8, 4) is 0 Å². The van der Waals surface area contributed by atoms with Crippen molar-refractivity contribution in [3.63, 3.8) is 0 Å². The molecule has 25 heavy (non-hydrogen) atoms. The van der Waals surface area contributed by atoms with Gasteiger partial charge in [0.2, 0.25) is 5.91 Å². The summed E-state index contributed by atoms with van der Waals surface area (Å²) in [5.41, 5.74) is 3.62. The van der Waals surface area contributed by atoms with Crippen LogP contribution in [0.5, 0.6) is 0 Å². The fourth-order valence-electron chi connectivity index (χ4n) is 3.34. The van der Waals surface area contributed by atoms with E-state index in [2.05, 4.69) is 17.9 Å². The fraction of sp³-hybridized carbons (Fsp3) is 0.381. The highest BCUT2D eigenvalue weighted by Gasteiger charge is 2.25. The van der Waals surface area contributed by atoms with Gasteiger partial charge < -0.3 is 4.90 Å². The number of rotatable bonds is 4. The molecule has 1 aliphatic heterocycles. The molecule has 0 N–H and O–H groups in total. The van der Waals surface area contributed by atoms with E-state index in [1.165, 1.54) is 11.1 Å². The summed E-state index contributed by atoms with van der Waals surface area (Å²) in [6.07, 6.45) is 0. The highest BCUT2D eigenvalue weighted by molar-refractivity contribution is 6.30. The van der Waals surface area contributed by atoms with E-state index in [4.69, 9.17) is 11.6 Å². The number of piperazine rings is 1. The van der Waals surface area contributed by atoms with Crippen molar-refractivity contribution in [2.75, 3.05) is 26.2 Å². The second kappa shape index (κ2) is 8.03. The molecule has 2 aromatic rings. The van der Waals surface area contributed by atoms with E-state index < -0.39 is 0 Å². The minimum Gasteiger partial charge on any atom is -0.340 e. The summed E-state index contributed by atoms with van der Waals surface area (Å²) in [4.78, 5) is 17.1. The summed E-state index contributed by atoms with van der Waals surface area (Å²) < 4.78 is 0. The predicted molar refractivity (Wildman–Crippen MR) is 103 cm³/mol. The van der Waals surface area contributed by atoms with Crippen LogP contribution in [0.25, 0.3) is 0 Å². The average Bonchev–Trinajstić information content (AvgIpc) is 2.65. The van der Waals surface area contributed by atoms with Crippen LogP contribution in [0.1, 0.15) is 29.5 Å². The van der Waals surface area contributed by atoms with Crippen LogP contribution in [0.2, 0.25) is 5.02 Å². The number of halogens is 1. The van der Waals surface area contributed by atoms with E-state index in [0.29, 0.717) is 0 Å². The molecule has 1 saturated heterocycles. The van der Waals surface area contributed by atoms with Crippen molar-refractivity contribution in [2.24, 2.45) is 0 Å². The summed E-state index contributed by atoms with van der Waals surface area (Å²) in [6.45, 7) is 8.39. The van der Waals surface area contributed by atoms with Crippen LogP contribution in [-0.2, 0) is 11.3 Å². The van der Waals surface area contributed by atoms with E-state index >= 15 is 0 Å². The standard InChI is InChI=1S/C21H25ClN2O/c1-16-8-9-20(22)14-19(16)15-23-10-12-24(13-11-23)21(25)17(2)18-6-4-3-5-7-18/h3-9,14,17H,10-13,15H2,1-2H3. The molecule has 2 aromatic carbocycles. The molecule has 1 unspecified atom stereocenters. The first kappa shape index (κ1) is 18.0. The monoisotopic (exact) mass is 356 g/mol. The maximum atomic E-state index is 12.8. The molecule has 3 rings (SSSR count). The molecule has 1 heterocycles. The van der Waals surface area contributed by atoms with Gasteiger partial charge in [0.1, 0.15) is 0 Å². The molecule has 0 radical (unpaired) electrons. The molecule has 0 bridgehead atoms. The molecular weight excluding hydrogens is 332 g/mol. The van der Waals surface area contributed by atoms with E-state index in [-0.39, 0.29) is 11.8 Å². The number of benzene rings is 2. The van der Waals surface area contributed by atoms with Gasteiger partial charge >= 0.3 is 0 Å². The Labute approximate surface area is 155 Å². The number of hydrogen-bond acceptors (Lipinski definition) is 2. The SMILES string of the molecule is Cc1ccc(Cl)cc1CN1CCN(C(=O)C(C)c2ccccc2)CC1. The summed E-state index contributed by atoms with van der Waals surface area (Å²) in [5.74, 6) is 0.146. The minimum atomic E-state index is -0.0806. The van der Waals surface area contributed by atoms with Crippen LogP contribution in [0.4, 0.5) is 0 Å². The molecule has 1 amide bonds. The third kappa shape index (κ3) is 4.42.